The number of benzene rings is 2. The highest BCUT2D eigenvalue weighted by atomic mass is 16.5. The molecule has 2 aromatic heterocycles. The highest BCUT2D eigenvalue weighted by Gasteiger charge is 2.26. The number of anilines is 1. The summed E-state index contributed by atoms with van der Waals surface area (Å²) < 4.78 is 8.07. The van der Waals surface area contributed by atoms with Crippen LogP contribution in [0.4, 0.5) is 5.82 Å². The van der Waals surface area contributed by atoms with Gasteiger partial charge in [-0.25, -0.2) is 14.6 Å². The Morgan fingerprint density at radius 3 is 2.38 bits per heavy atom. The lowest BCUT2D eigenvalue weighted by molar-refractivity contribution is 0.167. The summed E-state index contributed by atoms with van der Waals surface area (Å²) in [7, 11) is 0. The summed E-state index contributed by atoms with van der Waals surface area (Å²) in [5.41, 5.74) is 8.98. The van der Waals surface area contributed by atoms with E-state index in [1.807, 2.05) is 54.6 Å². The van der Waals surface area contributed by atoms with Crippen LogP contribution in [0, 0.1) is 5.92 Å². The summed E-state index contributed by atoms with van der Waals surface area (Å²) in [5.74, 6) is 2.93. The Hall–Kier alpha value is -3.49. The minimum atomic E-state index is 0.307. The van der Waals surface area contributed by atoms with Gasteiger partial charge in [-0.3, -0.25) is 0 Å². The van der Waals surface area contributed by atoms with Gasteiger partial charge in [0.05, 0.1) is 11.4 Å². The minimum Gasteiger partial charge on any atom is -0.457 e. The van der Waals surface area contributed by atoms with Crippen LogP contribution in [0.5, 0.6) is 11.5 Å². The van der Waals surface area contributed by atoms with E-state index in [2.05, 4.69) is 24.9 Å². The lowest BCUT2D eigenvalue weighted by Gasteiger charge is -2.33. The molecule has 4 heterocycles. The van der Waals surface area contributed by atoms with Crippen LogP contribution in [0.3, 0.4) is 0 Å². The second-order valence-electron chi connectivity index (χ2n) is 10.2. The van der Waals surface area contributed by atoms with Gasteiger partial charge in [0.1, 0.15) is 29.3 Å². The molecule has 0 spiro atoms. The van der Waals surface area contributed by atoms with Crippen molar-refractivity contribution in [2.45, 2.75) is 38.1 Å². The van der Waals surface area contributed by atoms with E-state index in [4.69, 9.17) is 15.6 Å². The zero-order chi connectivity index (χ0) is 25.0. The molecule has 0 saturated carbocycles. The number of hydrogen-bond acceptors (Lipinski definition) is 7. The van der Waals surface area contributed by atoms with Crippen LogP contribution in [0.15, 0.2) is 60.9 Å². The number of rotatable bonds is 7. The fraction of sp³-hybridized carbons (Fsp3) is 0.414. The predicted molar refractivity (Wildman–Crippen MR) is 147 cm³/mol. The fourth-order valence-electron chi connectivity index (χ4n) is 5.68. The van der Waals surface area contributed by atoms with Crippen molar-refractivity contribution in [1.82, 2.24) is 30.0 Å². The molecule has 8 heteroatoms. The van der Waals surface area contributed by atoms with E-state index in [-0.39, 0.29) is 0 Å². The van der Waals surface area contributed by atoms with Crippen LogP contribution in [0.1, 0.15) is 38.1 Å². The SMILES string of the molecule is Nc1ncnc2c1c(-c1ccc(Oc3ccccc3)cc1)nn2C1CCN(CCC2CCNCC2)CC1. The largest absolute Gasteiger partial charge is 0.457 e. The van der Waals surface area contributed by atoms with E-state index in [1.165, 1.54) is 38.9 Å². The monoisotopic (exact) mass is 497 g/mol. The van der Waals surface area contributed by atoms with Crippen molar-refractivity contribution in [3.8, 4) is 22.8 Å². The maximum atomic E-state index is 6.36. The zero-order valence-electron chi connectivity index (χ0n) is 21.2. The van der Waals surface area contributed by atoms with Crippen LogP contribution < -0.4 is 15.8 Å². The van der Waals surface area contributed by atoms with E-state index in [1.54, 1.807) is 6.33 Å². The average Bonchev–Trinajstić information content (AvgIpc) is 3.35. The maximum Gasteiger partial charge on any atom is 0.164 e. The van der Waals surface area contributed by atoms with Gasteiger partial charge in [0.25, 0.3) is 0 Å². The molecule has 6 rings (SSSR count). The first-order chi connectivity index (χ1) is 18.2. The molecule has 0 atom stereocenters. The molecule has 2 aliphatic heterocycles. The molecule has 37 heavy (non-hydrogen) atoms. The van der Waals surface area contributed by atoms with Gasteiger partial charge in [0, 0.05) is 18.7 Å². The lowest BCUT2D eigenvalue weighted by Crippen LogP contribution is -2.37. The van der Waals surface area contributed by atoms with Crippen LogP contribution in [-0.2, 0) is 0 Å². The Morgan fingerprint density at radius 2 is 1.62 bits per heavy atom. The Morgan fingerprint density at radius 1 is 0.892 bits per heavy atom. The Balaban J connectivity index is 1.18. The molecule has 2 fully saturated rings. The average molecular weight is 498 g/mol. The van der Waals surface area contributed by atoms with Gasteiger partial charge in [-0.2, -0.15) is 5.10 Å². The molecular weight excluding hydrogens is 462 g/mol. The van der Waals surface area contributed by atoms with E-state index >= 15 is 0 Å². The predicted octanol–water partition coefficient (Wildman–Crippen LogP) is 4.89. The van der Waals surface area contributed by atoms with Crippen LogP contribution >= 0.6 is 0 Å². The molecule has 0 radical (unpaired) electrons. The molecule has 0 amide bonds. The quantitative estimate of drug-likeness (QED) is 0.375. The van der Waals surface area contributed by atoms with Gasteiger partial charge < -0.3 is 20.7 Å². The summed E-state index contributed by atoms with van der Waals surface area (Å²) in [6, 6.07) is 18.1. The summed E-state index contributed by atoms with van der Waals surface area (Å²) in [6.45, 7) is 5.75. The van der Waals surface area contributed by atoms with Crippen LogP contribution in [0.2, 0.25) is 0 Å². The normalized spacial score (nSPS) is 17.8. The van der Waals surface area contributed by atoms with Crippen molar-refractivity contribution < 1.29 is 4.74 Å². The number of likely N-dealkylation sites (tertiary alicyclic amines) is 1. The second kappa shape index (κ2) is 10.9. The summed E-state index contributed by atoms with van der Waals surface area (Å²) in [5, 5.41) is 9.37. The number of nitrogens with zero attached hydrogens (tertiary/aromatic N) is 5. The van der Waals surface area contributed by atoms with Gasteiger partial charge in [0.2, 0.25) is 0 Å². The van der Waals surface area contributed by atoms with Crippen LogP contribution in [-0.4, -0.2) is 57.4 Å². The highest BCUT2D eigenvalue weighted by Crippen LogP contribution is 2.35. The molecule has 8 nitrogen and oxygen atoms in total. The first-order valence-electron chi connectivity index (χ1n) is 13.5. The topological polar surface area (TPSA) is 94.1 Å². The third kappa shape index (κ3) is 5.31. The summed E-state index contributed by atoms with van der Waals surface area (Å²) >= 11 is 0. The molecule has 2 aromatic carbocycles. The number of hydrogen-bond donors (Lipinski definition) is 2. The number of fused-ring (bicyclic) bond motifs is 1. The zero-order valence-corrected chi connectivity index (χ0v) is 21.2. The van der Waals surface area contributed by atoms with Gasteiger partial charge in [-0.15, -0.1) is 0 Å². The first kappa shape index (κ1) is 23.9. The third-order valence-corrected chi connectivity index (χ3v) is 7.84. The van der Waals surface area contributed by atoms with Crippen molar-refractivity contribution in [3.63, 3.8) is 0 Å². The number of piperidine rings is 2. The van der Waals surface area contributed by atoms with Gasteiger partial charge >= 0.3 is 0 Å². The van der Waals surface area contributed by atoms with E-state index in [0.717, 1.165) is 65.6 Å². The molecule has 2 aliphatic rings. The fourth-order valence-corrected chi connectivity index (χ4v) is 5.68. The molecule has 2 saturated heterocycles. The second-order valence-corrected chi connectivity index (χ2v) is 10.2. The lowest BCUT2D eigenvalue weighted by atomic mass is 9.94. The number of aromatic nitrogens is 4. The van der Waals surface area contributed by atoms with Crippen molar-refractivity contribution in [3.05, 3.63) is 60.9 Å². The Bertz CT molecular complexity index is 1310. The Kier molecular flexibility index (Phi) is 7.01. The maximum absolute atomic E-state index is 6.36. The number of ether oxygens (including phenoxy) is 1. The van der Waals surface area contributed by atoms with E-state index < -0.39 is 0 Å². The molecule has 0 unspecified atom stereocenters. The summed E-state index contributed by atoms with van der Waals surface area (Å²) in [4.78, 5) is 11.5. The molecule has 0 aliphatic carbocycles. The molecular formula is C29H35N7O. The van der Waals surface area contributed by atoms with Crippen molar-refractivity contribution in [2.24, 2.45) is 5.92 Å². The van der Waals surface area contributed by atoms with Crippen molar-refractivity contribution in [1.29, 1.82) is 0 Å². The van der Waals surface area contributed by atoms with Gasteiger partial charge in [-0.05, 0) is 94.1 Å². The van der Waals surface area contributed by atoms with Crippen molar-refractivity contribution >= 4 is 16.9 Å². The van der Waals surface area contributed by atoms with E-state index in [0.29, 0.717) is 11.9 Å². The number of para-hydroxylation sites is 1. The standard InChI is InChI=1S/C29H35N7O/c30-28-26-27(22-6-8-25(9-7-22)37-24-4-2-1-3-5-24)34-36(29(26)33-20-32-28)23-13-18-35(19-14-23)17-12-21-10-15-31-16-11-21/h1-9,20-21,23,31H,10-19H2,(H2,30,32,33). The van der Waals surface area contributed by atoms with Crippen molar-refractivity contribution in [2.75, 3.05) is 38.5 Å². The van der Waals surface area contributed by atoms with Gasteiger partial charge in [-0.1, -0.05) is 18.2 Å². The van der Waals surface area contributed by atoms with E-state index in [9.17, 15) is 0 Å². The molecule has 3 N–H and O–H groups in total. The number of nitrogens with two attached hydrogens (primary N) is 1. The molecule has 4 aromatic rings. The Labute approximate surface area is 217 Å². The van der Waals surface area contributed by atoms with Gasteiger partial charge in [0.15, 0.2) is 5.65 Å². The summed E-state index contributed by atoms with van der Waals surface area (Å²) in [6.07, 6.45) is 7.63. The minimum absolute atomic E-state index is 0.307. The molecule has 0 bridgehead atoms. The third-order valence-electron chi connectivity index (χ3n) is 7.84. The number of nitrogens with one attached hydrogen (secondary N) is 1. The smallest absolute Gasteiger partial charge is 0.164 e. The van der Waals surface area contributed by atoms with Crippen LogP contribution in [0.25, 0.3) is 22.3 Å². The number of nitrogen functional groups attached to an aromatic ring is 1. The highest BCUT2D eigenvalue weighted by molar-refractivity contribution is 5.98. The molecule has 192 valence electrons. The first-order valence-corrected chi connectivity index (χ1v) is 13.5.